The molecule has 0 saturated heterocycles. The van der Waals surface area contributed by atoms with E-state index in [9.17, 15) is 14.4 Å². The van der Waals surface area contributed by atoms with E-state index in [0.29, 0.717) is 25.2 Å². The molecular weight excluding hydrogens is 322 g/mol. The number of carbonyl (C=O) groups is 2. The van der Waals surface area contributed by atoms with Gasteiger partial charge in [-0.05, 0) is 31.9 Å². The minimum absolute atomic E-state index is 0.0333. The predicted octanol–water partition coefficient (Wildman–Crippen LogP) is 1.94. The first-order chi connectivity index (χ1) is 12.1. The Morgan fingerprint density at radius 1 is 1.20 bits per heavy atom. The fourth-order valence-corrected chi connectivity index (χ4v) is 2.46. The molecule has 7 nitrogen and oxygen atoms in total. The molecule has 0 aromatic carbocycles. The quantitative estimate of drug-likeness (QED) is 0.554. The van der Waals surface area contributed by atoms with Crippen LogP contribution in [-0.4, -0.2) is 34.4 Å². The SMILES string of the molecule is CCOC(=O)CCCCCCNC(=O)c1cnc2ccccn2c1=O. The van der Waals surface area contributed by atoms with Crippen molar-refractivity contribution in [1.82, 2.24) is 14.7 Å². The fraction of sp³-hybridized carbons (Fsp3) is 0.444. The van der Waals surface area contributed by atoms with Crippen molar-refractivity contribution < 1.29 is 14.3 Å². The third kappa shape index (κ3) is 5.41. The largest absolute Gasteiger partial charge is 0.466 e. The van der Waals surface area contributed by atoms with Crippen LogP contribution in [-0.2, 0) is 9.53 Å². The van der Waals surface area contributed by atoms with E-state index in [0.717, 1.165) is 25.7 Å². The Labute approximate surface area is 146 Å². The summed E-state index contributed by atoms with van der Waals surface area (Å²) in [7, 11) is 0. The third-order valence-corrected chi connectivity index (χ3v) is 3.76. The van der Waals surface area contributed by atoms with E-state index in [-0.39, 0.29) is 17.1 Å². The van der Waals surface area contributed by atoms with Gasteiger partial charge in [-0.3, -0.25) is 18.8 Å². The summed E-state index contributed by atoms with van der Waals surface area (Å²) in [5.41, 5.74) is 0.161. The average molecular weight is 345 g/mol. The molecule has 2 aromatic rings. The summed E-state index contributed by atoms with van der Waals surface area (Å²) in [5.74, 6) is -0.581. The summed E-state index contributed by atoms with van der Waals surface area (Å²) in [4.78, 5) is 39.7. The Bertz CT molecular complexity index is 785. The van der Waals surface area contributed by atoms with Crippen molar-refractivity contribution in [3.63, 3.8) is 0 Å². The molecule has 1 N–H and O–H groups in total. The highest BCUT2D eigenvalue weighted by atomic mass is 16.5. The lowest BCUT2D eigenvalue weighted by molar-refractivity contribution is -0.143. The molecule has 2 heterocycles. The topological polar surface area (TPSA) is 89.8 Å². The Balaban J connectivity index is 1.73. The van der Waals surface area contributed by atoms with E-state index < -0.39 is 5.91 Å². The normalized spacial score (nSPS) is 10.6. The second-order valence-corrected chi connectivity index (χ2v) is 5.63. The Morgan fingerprint density at radius 2 is 2.00 bits per heavy atom. The van der Waals surface area contributed by atoms with Crippen molar-refractivity contribution in [1.29, 1.82) is 0 Å². The first kappa shape index (κ1) is 18.6. The van der Waals surface area contributed by atoms with Crippen molar-refractivity contribution in [2.24, 2.45) is 0 Å². The molecule has 1 amide bonds. The number of unbranched alkanes of at least 4 members (excludes halogenated alkanes) is 3. The van der Waals surface area contributed by atoms with Gasteiger partial charge in [-0.15, -0.1) is 0 Å². The Morgan fingerprint density at radius 3 is 2.80 bits per heavy atom. The van der Waals surface area contributed by atoms with Crippen molar-refractivity contribution >= 4 is 17.5 Å². The average Bonchev–Trinajstić information content (AvgIpc) is 2.61. The molecule has 0 bridgehead atoms. The zero-order valence-corrected chi connectivity index (χ0v) is 14.4. The highest BCUT2D eigenvalue weighted by Crippen LogP contribution is 2.04. The number of hydrogen-bond acceptors (Lipinski definition) is 5. The first-order valence-corrected chi connectivity index (χ1v) is 8.53. The van der Waals surface area contributed by atoms with E-state index in [1.54, 1.807) is 31.3 Å². The minimum Gasteiger partial charge on any atom is -0.466 e. The van der Waals surface area contributed by atoms with Gasteiger partial charge in [0.15, 0.2) is 0 Å². The smallest absolute Gasteiger partial charge is 0.305 e. The van der Waals surface area contributed by atoms with Gasteiger partial charge in [0.25, 0.3) is 11.5 Å². The number of nitrogens with one attached hydrogen (secondary N) is 1. The zero-order valence-electron chi connectivity index (χ0n) is 14.4. The number of rotatable bonds is 9. The number of amides is 1. The van der Waals surface area contributed by atoms with E-state index in [1.165, 1.54) is 10.6 Å². The second kappa shape index (κ2) is 9.56. The van der Waals surface area contributed by atoms with Crippen LogP contribution in [0.4, 0.5) is 0 Å². The second-order valence-electron chi connectivity index (χ2n) is 5.63. The summed E-state index contributed by atoms with van der Waals surface area (Å²) < 4.78 is 6.21. The first-order valence-electron chi connectivity index (χ1n) is 8.53. The van der Waals surface area contributed by atoms with E-state index in [2.05, 4.69) is 10.3 Å². The van der Waals surface area contributed by atoms with Crippen LogP contribution < -0.4 is 10.9 Å². The molecule has 2 aromatic heterocycles. The van der Waals surface area contributed by atoms with Gasteiger partial charge in [-0.2, -0.15) is 0 Å². The number of aromatic nitrogens is 2. The maximum absolute atomic E-state index is 12.3. The number of carbonyl (C=O) groups excluding carboxylic acids is 2. The lowest BCUT2D eigenvalue weighted by Crippen LogP contribution is -2.32. The maximum atomic E-state index is 12.3. The molecule has 0 atom stereocenters. The summed E-state index contributed by atoms with van der Waals surface area (Å²) in [6.07, 6.45) is 6.69. The monoisotopic (exact) mass is 345 g/mol. The van der Waals surface area contributed by atoms with Gasteiger partial charge < -0.3 is 10.1 Å². The molecule has 2 rings (SSSR count). The van der Waals surface area contributed by atoms with Crippen molar-refractivity contribution in [3.05, 3.63) is 46.5 Å². The molecule has 0 spiro atoms. The Hall–Kier alpha value is -2.70. The number of hydrogen-bond donors (Lipinski definition) is 1. The van der Waals surface area contributed by atoms with Crippen molar-refractivity contribution in [2.45, 2.75) is 39.0 Å². The molecule has 0 aliphatic carbocycles. The van der Waals surface area contributed by atoms with Gasteiger partial charge in [0.1, 0.15) is 11.2 Å². The van der Waals surface area contributed by atoms with Gasteiger partial charge in [0.2, 0.25) is 0 Å². The molecule has 0 aliphatic heterocycles. The van der Waals surface area contributed by atoms with Gasteiger partial charge in [0.05, 0.1) is 6.61 Å². The third-order valence-electron chi connectivity index (χ3n) is 3.76. The standard InChI is InChI=1S/C18H23N3O4/c1-2-25-16(22)10-5-3-4-7-11-19-17(23)14-13-20-15-9-6-8-12-21(15)18(14)24/h6,8-9,12-13H,2-5,7,10-11H2,1H3,(H,19,23). The number of nitrogens with zero attached hydrogens (tertiary/aromatic N) is 2. The summed E-state index contributed by atoms with van der Waals surface area (Å²) in [5, 5.41) is 2.74. The van der Waals surface area contributed by atoms with E-state index in [4.69, 9.17) is 4.74 Å². The van der Waals surface area contributed by atoms with Crippen molar-refractivity contribution in [3.8, 4) is 0 Å². The lowest BCUT2D eigenvalue weighted by atomic mass is 10.1. The summed E-state index contributed by atoms with van der Waals surface area (Å²) >= 11 is 0. The zero-order chi connectivity index (χ0) is 18.1. The highest BCUT2D eigenvalue weighted by Gasteiger charge is 2.12. The fourth-order valence-electron chi connectivity index (χ4n) is 2.46. The molecule has 0 radical (unpaired) electrons. The summed E-state index contributed by atoms with van der Waals surface area (Å²) in [6, 6.07) is 5.21. The van der Waals surface area contributed by atoms with Crippen LogP contribution in [0.5, 0.6) is 0 Å². The minimum atomic E-state index is -0.415. The number of fused-ring (bicyclic) bond motifs is 1. The van der Waals surface area contributed by atoms with Crippen LogP contribution in [0, 0.1) is 0 Å². The molecule has 7 heteroatoms. The van der Waals surface area contributed by atoms with Crippen LogP contribution in [0.25, 0.3) is 5.65 Å². The van der Waals surface area contributed by atoms with E-state index >= 15 is 0 Å². The molecule has 0 fully saturated rings. The van der Waals surface area contributed by atoms with Crippen LogP contribution in [0.3, 0.4) is 0 Å². The molecule has 25 heavy (non-hydrogen) atoms. The van der Waals surface area contributed by atoms with Gasteiger partial charge >= 0.3 is 5.97 Å². The maximum Gasteiger partial charge on any atom is 0.305 e. The summed E-state index contributed by atoms with van der Waals surface area (Å²) in [6.45, 7) is 2.68. The molecule has 134 valence electrons. The van der Waals surface area contributed by atoms with Crippen LogP contribution in [0.1, 0.15) is 49.4 Å². The highest BCUT2D eigenvalue weighted by molar-refractivity contribution is 5.93. The van der Waals surface area contributed by atoms with E-state index in [1.807, 2.05) is 0 Å². The van der Waals surface area contributed by atoms with Gasteiger partial charge in [0, 0.05) is 25.4 Å². The number of esters is 1. The Kier molecular flexibility index (Phi) is 7.13. The van der Waals surface area contributed by atoms with Gasteiger partial charge in [-0.25, -0.2) is 4.98 Å². The molecular formula is C18H23N3O4. The van der Waals surface area contributed by atoms with Crippen LogP contribution >= 0.6 is 0 Å². The lowest BCUT2D eigenvalue weighted by Gasteiger charge is -2.06. The molecule has 0 aliphatic rings. The van der Waals surface area contributed by atoms with Crippen molar-refractivity contribution in [2.75, 3.05) is 13.2 Å². The van der Waals surface area contributed by atoms with Gasteiger partial charge in [-0.1, -0.05) is 18.9 Å². The number of ether oxygens (including phenoxy) is 1. The molecule has 0 saturated carbocycles. The number of pyridine rings is 1. The van der Waals surface area contributed by atoms with Crippen LogP contribution in [0.15, 0.2) is 35.4 Å². The van der Waals surface area contributed by atoms with Crippen LogP contribution in [0.2, 0.25) is 0 Å². The molecule has 0 unspecified atom stereocenters. The predicted molar refractivity (Wildman–Crippen MR) is 93.5 cm³/mol.